The van der Waals surface area contributed by atoms with Gasteiger partial charge in [0.25, 0.3) is 0 Å². The summed E-state index contributed by atoms with van der Waals surface area (Å²) in [5.41, 5.74) is 5.38. The van der Waals surface area contributed by atoms with Crippen molar-refractivity contribution in [3.63, 3.8) is 0 Å². The Morgan fingerprint density at radius 2 is 1.77 bits per heavy atom. The molecule has 0 fully saturated rings. The molecule has 0 spiro atoms. The third kappa shape index (κ3) is 6.47. The number of carbonyl (C=O) groups is 1. The van der Waals surface area contributed by atoms with Crippen LogP contribution in [0.1, 0.15) is 23.1 Å². The fourth-order valence-corrected chi connectivity index (χ4v) is 2.37. The predicted molar refractivity (Wildman–Crippen MR) is 101 cm³/mol. The quantitative estimate of drug-likeness (QED) is 0.443. The third-order valence-corrected chi connectivity index (χ3v) is 3.47. The number of para-hydroxylation sites is 1. The van der Waals surface area contributed by atoms with Gasteiger partial charge in [0, 0.05) is 12.0 Å². The Hall–Kier alpha value is -3.02. The van der Waals surface area contributed by atoms with Crippen LogP contribution in [0.5, 0.6) is 11.5 Å². The maximum absolute atomic E-state index is 11.0. The van der Waals surface area contributed by atoms with E-state index in [0.717, 1.165) is 17.7 Å². The van der Waals surface area contributed by atoms with Crippen molar-refractivity contribution in [2.24, 2.45) is 5.10 Å². The molecule has 138 valence electrons. The van der Waals surface area contributed by atoms with E-state index in [1.807, 2.05) is 36.4 Å². The Morgan fingerprint density at radius 1 is 1.08 bits per heavy atom. The summed E-state index contributed by atoms with van der Waals surface area (Å²) in [6.45, 7) is 5.19. The summed E-state index contributed by atoms with van der Waals surface area (Å²) in [6.07, 6.45) is 1.64. The van der Waals surface area contributed by atoms with Crippen molar-refractivity contribution in [2.75, 3.05) is 20.3 Å². The smallest absolute Gasteiger partial charge is 0.427 e. The van der Waals surface area contributed by atoms with E-state index in [2.05, 4.69) is 35.2 Å². The number of ether oxygens (including phenoxy) is 3. The molecule has 0 aliphatic carbocycles. The fourth-order valence-electron chi connectivity index (χ4n) is 2.37. The van der Waals surface area contributed by atoms with Crippen LogP contribution >= 0.6 is 0 Å². The van der Waals surface area contributed by atoms with Crippen molar-refractivity contribution in [1.82, 2.24) is 5.43 Å². The number of nitrogens with zero attached hydrogens (tertiary/aromatic N) is 1. The average molecular weight is 356 g/mol. The number of nitrogens with one attached hydrogen (secondary N) is 1. The molecule has 0 heterocycles. The van der Waals surface area contributed by atoms with Gasteiger partial charge in [0.15, 0.2) is 0 Å². The molecule has 0 bridgehead atoms. The average Bonchev–Trinajstić information content (AvgIpc) is 2.61. The highest BCUT2D eigenvalue weighted by Crippen LogP contribution is 2.17. The van der Waals surface area contributed by atoms with Crippen molar-refractivity contribution in [3.05, 3.63) is 59.2 Å². The lowest BCUT2D eigenvalue weighted by atomic mass is 10.1. The zero-order chi connectivity index (χ0) is 18.8. The van der Waals surface area contributed by atoms with Gasteiger partial charge in [0.2, 0.25) is 0 Å². The van der Waals surface area contributed by atoms with Crippen molar-refractivity contribution in [3.8, 4) is 11.5 Å². The lowest BCUT2D eigenvalue weighted by Crippen LogP contribution is -2.16. The highest BCUT2D eigenvalue weighted by Gasteiger charge is 2.02. The molecule has 6 nitrogen and oxygen atoms in total. The van der Waals surface area contributed by atoms with Gasteiger partial charge in [-0.15, -0.1) is 0 Å². The van der Waals surface area contributed by atoms with Crippen LogP contribution in [-0.2, 0) is 4.74 Å². The topological polar surface area (TPSA) is 69.2 Å². The van der Waals surface area contributed by atoms with Crippen molar-refractivity contribution in [1.29, 1.82) is 0 Å². The molecule has 0 saturated heterocycles. The van der Waals surface area contributed by atoms with Gasteiger partial charge >= 0.3 is 6.09 Å². The second kappa shape index (κ2) is 10.1. The van der Waals surface area contributed by atoms with Crippen LogP contribution in [-0.4, -0.2) is 32.6 Å². The summed E-state index contributed by atoms with van der Waals surface area (Å²) >= 11 is 0. The minimum atomic E-state index is -0.622. The second-order valence-corrected chi connectivity index (χ2v) is 5.77. The van der Waals surface area contributed by atoms with Crippen LogP contribution in [0.2, 0.25) is 0 Å². The molecule has 0 aromatic heterocycles. The minimum absolute atomic E-state index is 0.514. The molecule has 0 atom stereocenters. The van der Waals surface area contributed by atoms with Crippen LogP contribution in [0.25, 0.3) is 0 Å². The molecule has 1 N–H and O–H groups in total. The van der Waals surface area contributed by atoms with Crippen molar-refractivity contribution < 1.29 is 19.0 Å². The highest BCUT2D eigenvalue weighted by atomic mass is 16.5. The standard InChI is InChI=1S/C20H24N2O4/c1-15-11-16(2)13-18(12-15)25-9-6-10-26-19-8-5-4-7-17(19)14-21-22-20(23)24-3/h4-5,7-8,11-14H,6,9-10H2,1-3H3,(H,22,23). The van der Waals surface area contributed by atoms with E-state index < -0.39 is 6.09 Å². The molecule has 0 unspecified atom stereocenters. The number of benzene rings is 2. The molecule has 0 aliphatic rings. The van der Waals surface area contributed by atoms with Gasteiger partial charge in [-0.25, -0.2) is 10.2 Å². The predicted octanol–water partition coefficient (Wildman–Crippen LogP) is 3.84. The Bertz CT molecular complexity index is 739. The minimum Gasteiger partial charge on any atom is -0.493 e. The first-order valence-corrected chi connectivity index (χ1v) is 8.38. The number of methoxy groups -OCH3 is 1. The van der Waals surface area contributed by atoms with Crippen LogP contribution in [0.15, 0.2) is 47.6 Å². The molecule has 0 saturated carbocycles. The molecule has 0 aliphatic heterocycles. The number of amides is 1. The Balaban J connectivity index is 1.79. The fraction of sp³-hybridized carbons (Fsp3) is 0.300. The summed E-state index contributed by atoms with van der Waals surface area (Å²) < 4.78 is 16.0. The number of carbonyl (C=O) groups excluding carboxylic acids is 1. The second-order valence-electron chi connectivity index (χ2n) is 5.77. The van der Waals surface area contributed by atoms with E-state index in [-0.39, 0.29) is 0 Å². The van der Waals surface area contributed by atoms with E-state index in [4.69, 9.17) is 9.47 Å². The van der Waals surface area contributed by atoms with Gasteiger partial charge in [-0.1, -0.05) is 18.2 Å². The van der Waals surface area contributed by atoms with Gasteiger partial charge in [0.05, 0.1) is 26.5 Å². The normalized spacial score (nSPS) is 10.6. The van der Waals surface area contributed by atoms with E-state index in [9.17, 15) is 4.79 Å². The van der Waals surface area contributed by atoms with Crippen LogP contribution < -0.4 is 14.9 Å². The van der Waals surface area contributed by atoms with Crippen molar-refractivity contribution in [2.45, 2.75) is 20.3 Å². The Labute approximate surface area is 153 Å². The first kappa shape index (κ1) is 19.3. The van der Waals surface area contributed by atoms with E-state index >= 15 is 0 Å². The summed E-state index contributed by atoms with van der Waals surface area (Å²) in [6, 6.07) is 13.6. The van der Waals surface area contributed by atoms with Gasteiger partial charge in [-0.3, -0.25) is 0 Å². The van der Waals surface area contributed by atoms with Crippen LogP contribution in [0.3, 0.4) is 0 Å². The molecule has 2 aromatic carbocycles. The molecule has 0 radical (unpaired) electrons. The largest absolute Gasteiger partial charge is 0.493 e. The number of hydrogen-bond donors (Lipinski definition) is 1. The summed E-state index contributed by atoms with van der Waals surface area (Å²) in [7, 11) is 1.28. The van der Waals surface area contributed by atoms with E-state index in [0.29, 0.717) is 19.0 Å². The summed E-state index contributed by atoms with van der Waals surface area (Å²) in [5.74, 6) is 1.57. The Morgan fingerprint density at radius 3 is 2.50 bits per heavy atom. The number of aryl methyl sites for hydroxylation is 2. The first-order chi connectivity index (χ1) is 12.6. The Kier molecular flexibility index (Phi) is 7.49. The number of hydrogen-bond acceptors (Lipinski definition) is 5. The van der Waals surface area contributed by atoms with E-state index in [1.54, 1.807) is 0 Å². The van der Waals surface area contributed by atoms with Crippen LogP contribution in [0, 0.1) is 13.8 Å². The molecule has 2 aromatic rings. The maximum atomic E-state index is 11.0. The molecular formula is C20H24N2O4. The summed E-state index contributed by atoms with van der Waals surface area (Å²) in [4.78, 5) is 11.0. The molecule has 6 heteroatoms. The first-order valence-electron chi connectivity index (χ1n) is 8.38. The molecule has 26 heavy (non-hydrogen) atoms. The van der Waals surface area contributed by atoms with E-state index in [1.165, 1.54) is 24.5 Å². The monoisotopic (exact) mass is 356 g/mol. The lowest BCUT2D eigenvalue weighted by molar-refractivity contribution is 0.171. The molecule has 1 amide bonds. The van der Waals surface area contributed by atoms with Gasteiger partial charge in [-0.05, 0) is 49.2 Å². The summed E-state index contributed by atoms with van der Waals surface area (Å²) in [5, 5.41) is 3.82. The zero-order valence-electron chi connectivity index (χ0n) is 15.3. The van der Waals surface area contributed by atoms with Gasteiger partial charge in [0.1, 0.15) is 11.5 Å². The highest BCUT2D eigenvalue weighted by molar-refractivity contribution is 5.84. The number of hydrazone groups is 1. The van der Waals surface area contributed by atoms with Crippen LogP contribution in [0.4, 0.5) is 4.79 Å². The molecular weight excluding hydrogens is 332 g/mol. The SMILES string of the molecule is COC(=O)NN=Cc1ccccc1OCCCOc1cc(C)cc(C)c1. The van der Waals surface area contributed by atoms with Gasteiger partial charge < -0.3 is 14.2 Å². The number of rotatable bonds is 8. The lowest BCUT2D eigenvalue weighted by Gasteiger charge is -2.10. The maximum Gasteiger partial charge on any atom is 0.427 e. The van der Waals surface area contributed by atoms with Gasteiger partial charge in [-0.2, -0.15) is 5.10 Å². The zero-order valence-corrected chi connectivity index (χ0v) is 15.3. The van der Waals surface area contributed by atoms with Crippen molar-refractivity contribution >= 4 is 12.3 Å². The molecule has 2 rings (SSSR count). The third-order valence-electron chi connectivity index (χ3n) is 3.47.